The number of benzene rings is 1. The van der Waals surface area contributed by atoms with Crippen LogP contribution in [0.15, 0.2) is 40.6 Å². The quantitative estimate of drug-likeness (QED) is 0.936. The molecule has 1 atom stereocenters. The van der Waals surface area contributed by atoms with Gasteiger partial charge < -0.3 is 10.3 Å². The fourth-order valence-electron chi connectivity index (χ4n) is 1.72. The van der Waals surface area contributed by atoms with Crippen LogP contribution in [0.3, 0.4) is 0 Å². The largest absolute Gasteiger partial charge is 0.329 e. The molecule has 5 heteroatoms. The molecule has 1 unspecified atom stereocenters. The van der Waals surface area contributed by atoms with E-state index in [9.17, 15) is 0 Å². The lowest BCUT2D eigenvalue weighted by Crippen LogP contribution is -2.18. The van der Waals surface area contributed by atoms with Crippen LogP contribution in [0.1, 0.15) is 12.5 Å². The molecule has 0 fully saturated rings. The van der Waals surface area contributed by atoms with Gasteiger partial charge in [0.15, 0.2) is 5.16 Å². The van der Waals surface area contributed by atoms with Crippen molar-refractivity contribution in [1.29, 1.82) is 0 Å². The van der Waals surface area contributed by atoms with Crippen molar-refractivity contribution in [3.05, 3.63) is 41.2 Å². The van der Waals surface area contributed by atoms with Crippen LogP contribution in [-0.2, 0) is 13.5 Å². The molecule has 0 aliphatic heterocycles. The summed E-state index contributed by atoms with van der Waals surface area (Å²) in [5.41, 5.74) is 7.05. The summed E-state index contributed by atoms with van der Waals surface area (Å²) < 4.78 is 1.98. The van der Waals surface area contributed by atoms with Crippen LogP contribution in [0.2, 0.25) is 5.02 Å². The maximum absolute atomic E-state index is 6.28. The second-order valence-electron chi connectivity index (χ2n) is 4.33. The Bertz CT molecular complexity index is 537. The molecule has 0 aliphatic carbocycles. The van der Waals surface area contributed by atoms with Crippen molar-refractivity contribution >= 4 is 23.4 Å². The zero-order chi connectivity index (χ0) is 13.1. The minimum Gasteiger partial charge on any atom is -0.329 e. The van der Waals surface area contributed by atoms with Crippen LogP contribution in [-0.4, -0.2) is 15.6 Å². The first kappa shape index (κ1) is 13.5. The van der Waals surface area contributed by atoms with Crippen LogP contribution >= 0.6 is 23.4 Å². The Hall–Kier alpha value is -0.970. The minimum absolute atomic E-state index is 0.115. The maximum atomic E-state index is 6.28. The third-order valence-corrected chi connectivity index (χ3v) is 4.25. The predicted molar refractivity (Wildman–Crippen MR) is 76.1 cm³/mol. The Morgan fingerprint density at radius 2 is 2.28 bits per heavy atom. The Morgan fingerprint density at radius 1 is 1.50 bits per heavy atom. The van der Waals surface area contributed by atoms with E-state index in [1.165, 1.54) is 5.56 Å². The number of halogens is 1. The summed E-state index contributed by atoms with van der Waals surface area (Å²) in [6.45, 7) is 2.00. The van der Waals surface area contributed by atoms with Crippen LogP contribution < -0.4 is 5.73 Å². The maximum Gasteiger partial charge on any atom is 0.172 e. The van der Waals surface area contributed by atoms with Crippen molar-refractivity contribution in [3.63, 3.8) is 0 Å². The molecule has 0 saturated carbocycles. The summed E-state index contributed by atoms with van der Waals surface area (Å²) >= 11 is 7.86. The van der Waals surface area contributed by atoms with E-state index in [0.717, 1.165) is 21.5 Å². The van der Waals surface area contributed by atoms with Crippen molar-refractivity contribution in [1.82, 2.24) is 9.55 Å². The lowest BCUT2D eigenvalue weighted by molar-refractivity contribution is 0.728. The molecule has 1 aromatic heterocycles. The topological polar surface area (TPSA) is 43.8 Å². The molecule has 1 heterocycles. The number of aryl methyl sites for hydroxylation is 1. The highest BCUT2D eigenvalue weighted by atomic mass is 35.5. The molecule has 2 aromatic rings. The fraction of sp³-hybridized carbons (Fsp3) is 0.308. The van der Waals surface area contributed by atoms with Crippen LogP contribution in [0, 0.1) is 0 Å². The molecule has 0 bridgehead atoms. The van der Waals surface area contributed by atoms with Crippen LogP contribution in [0.25, 0.3) is 0 Å². The van der Waals surface area contributed by atoms with E-state index in [-0.39, 0.29) is 6.04 Å². The number of nitrogens with zero attached hydrogens (tertiary/aromatic N) is 2. The summed E-state index contributed by atoms with van der Waals surface area (Å²) in [5.74, 6) is 0. The van der Waals surface area contributed by atoms with Gasteiger partial charge in [-0.15, -0.1) is 0 Å². The standard InChI is InChI=1S/C13H16ClN3S/c1-9(15)8-10-4-3-5-11(14)12(10)18-13-16-6-7-17(13)2/h3-7,9H,8,15H2,1-2H3. The van der Waals surface area contributed by atoms with E-state index in [1.54, 1.807) is 18.0 Å². The molecule has 18 heavy (non-hydrogen) atoms. The van der Waals surface area contributed by atoms with Gasteiger partial charge in [-0.25, -0.2) is 4.98 Å². The first-order chi connectivity index (χ1) is 8.58. The predicted octanol–water partition coefficient (Wildman–Crippen LogP) is 3.11. The molecule has 0 amide bonds. The number of imidazole rings is 1. The highest BCUT2D eigenvalue weighted by Gasteiger charge is 2.12. The Labute approximate surface area is 116 Å². The first-order valence-electron chi connectivity index (χ1n) is 5.76. The van der Waals surface area contributed by atoms with Crippen molar-refractivity contribution in [2.75, 3.05) is 0 Å². The summed E-state index contributed by atoms with van der Waals surface area (Å²) in [6, 6.07) is 6.05. The summed E-state index contributed by atoms with van der Waals surface area (Å²) in [4.78, 5) is 5.36. The van der Waals surface area contributed by atoms with Crippen molar-refractivity contribution < 1.29 is 0 Å². The first-order valence-corrected chi connectivity index (χ1v) is 6.95. The van der Waals surface area contributed by atoms with Gasteiger partial charge in [-0.1, -0.05) is 23.7 Å². The molecule has 96 valence electrons. The van der Waals surface area contributed by atoms with E-state index >= 15 is 0 Å². The van der Waals surface area contributed by atoms with Crippen LogP contribution in [0.5, 0.6) is 0 Å². The molecule has 2 N–H and O–H groups in total. The van der Waals surface area contributed by atoms with Gasteiger partial charge in [0.2, 0.25) is 0 Å². The molecule has 2 rings (SSSR count). The van der Waals surface area contributed by atoms with E-state index in [4.69, 9.17) is 17.3 Å². The molecule has 3 nitrogen and oxygen atoms in total. The molecule has 0 aliphatic rings. The van der Waals surface area contributed by atoms with E-state index < -0.39 is 0 Å². The third-order valence-electron chi connectivity index (χ3n) is 2.56. The van der Waals surface area contributed by atoms with Gasteiger partial charge in [0, 0.05) is 30.4 Å². The summed E-state index contributed by atoms with van der Waals surface area (Å²) in [6.07, 6.45) is 4.52. The van der Waals surface area contributed by atoms with E-state index in [2.05, 4.69) is 11.1 Å². The van der Waals surface area contributed by atoms with Gasteiger partial charge in [0.05, 0.1) is 5.02 Å². The lowest BCUT2D eigenvalue weighted by Gasteiger charge is -2.12. The van der Waals surface area contributed by atoms with E-state index in [1.807, 2.05) is 36.9 Å². The zero-order valence-corrected chi connectivity index (χ0v) is 12.0. The van der Waals surface area contributed by atoms with Gasteiger partial charge in [0.25, 0.3) is 0 Å². The van der Waals surface area contributed by atoms with Gasteiger partial charge in [-0.3, -0.25) is 0 Å². The normalized spacial score (nSPS) is 12.7. The number of aromatic nitrogens is 2. The average molecular weight is 282 g/mol. The smallest absolute Gasteiger partial charge is 0.172 e. The van der Waals surface area contributed by atoms with Gasteiger partial charge >= 0.3 is 0 Å². The zero-order valence-electron chi connectivity index (χ0n) is 10.4. The van der Waals surface area contributed by atoms with E-state index in [0.29, 0.717) is 0 Å². The van der Waals surface area contributed by atoms with Gasteiger partial charge in [-0.2, -0.15) is 0 Å². The van der Waals surface area contributed by atoms with Crippen molar-refractivity contribution in [2.45, 2.75) is 29.4 Å². The fourth-order valence-corrected chi connectivity index (χ4v) is 2.98. The Morgan fingerprint density at radius 3 is 2.89 bits per heavy atom. The Kier molecular flexibility index (Phi) is 4.32. The average Bonchev–Trinajstić information content (AvgIpc) is 2.68. The molecular formula is C13H16ClN3S. The van der Waals surface area contributed by atoms with Crippen molar-refractivity contribution in [3.8, 4) is 0 Å². The van der Waals surface area contributed by atoms with Crippen molar-refractivity contribution in [2.24, 2.45) is 12.8 Å². The van der Waals surface area contributed by atoms with Crippen LogP contribution in [0.4, 0.5) is 0 Å². The molecular weight excluding hydrogens is 266 g/mol. The highest BCUT2D eigenvalue weighted by Crippen LogP contribution is 2.35. The molecule has 1 aromatic carbocycles. The molecule has 0 saturated heterocycles. The number of hydrogen-bond donors (Lipinski definition) is 1. The van der Waals surface area contributed by atoms with Gasteiger partial charge in [0.1, 0.15) is 0 Å². The SMILES string of the molecule is CC(N)Cc1cccc(Cl)c1Sc1nccn1C. The number of rotatable bonds is 4. The number of nitrogens with two attached hydrogens (primary N) is 1. The monoisotopic (exact) mass is 281 g/mol. The third kappa shape index (κ3) is 3.07. The Balaban J connectivity index is 2.34. The second kappa shape index (κ2) is 5.78. The summed E-state index contributed by atoms with van der Waals surface area (Å²) in [7, 11) is 1.97. The van der Waals surface area contributed by atoms with Gasteiger partial charge in [-0.05, 0) is 36.7 Å². The number of hydrogen-bond acceptors (Lipinski definition) is 3. The summed E-state index contributed by atoms with van der Waals surface area (Å²) in [5, 5.41) is 1.68. The molecule has 0 spiro atoms. The highest BCUT2D eigenvalue weighted by molar-refractivity contribution is 7.99. The molecule has 0 radical (unpaired) electrons. The lowest BCUT2D eigenvalue weighted by atomic mass is 10.1. The second-order valence-corrected chi connectivity index (χ2v) is 5.72. The minimum atomic E-state index is 0.115.